The monoisotopic (exact) mass is 232 g/mol. The molecule has 0 saturated carbocycles. The minimum absolute atomic E-state index is 0.000870. The molecule has 7 heteroatoms. The molecule has 0 spiro atoms. The summed E-state index contributed by atoms with van der Waals surface area (Å²) in [5.41, 5.74) is -0.108. The lowest BCUT2D eigenvalue weighted by atomic mass is 10.2. The zero-order chi connectivity index (χ0) is 12.3. The Kier molecular flexibility index (Phi) is 3.22. The topological polar surface area (TPSA) is 66.1 Å². The van der Waals surface area contributed by atoms with Crippen LogP contribution >= 0.6 is 0 Å². The molecule has 0 aliphatic heterocycles. The summed E-state index contributed by atoms with van der Waals surface area (Å²) in [5.74, 6) is -0.982. The van der Waals surface area contributed by atoms with Gasteiger partial charge in [0.25, 0.3) is 0 Å². The predicted octanol–water partition coefficient (Wildman–Crippen LogP) is 2.06. The number of aromatic hydroxyl groups is 1. The molecule has 0 unspecified atom stereocenters. The maximum Gasteiger partial charge on any atom is 0.574 e. The first-order valence-corrected chi connectivity index (χ1v) is 4.15. The van der Waals surface area contributed by atoms with Crippen molar-refractivity contribution in [3.8, 4) is 17.7 Å². The van der Waals surface area contributed by atoms with Crippen LogP contribution < -0.4 is 4.74 Å². The molecule has 0 aliphatic rings. The Morgan fingerprint density at radius 3 is 2.69 bits per heavy atom. The number of rotatable bonds is 2. The number of aryl methyl sites for hydroxylation is 1. The molecule has 16 heavy (non-hydrogen) atoms. The van der Waals surface area contributed by atoms with Gasteiger partial charge in [0.2, 0.25) is 5.88 Å². The van der Waals surface area contributed by atoms with E-state index in [1.54, 1.807) is 6.07 Å². The van der Waals surface area contributed by atoms with Gasteiger partial charge in [0.05, 0.1) is 18.2 Å². The molecule has 1 N–H and O–H groups in total. The Morgan fingerprint density at radius 1 is 1.56 bits per heavy atom. The number of pyridine rings is 1. The largest absolute Gasteiger partial charge is 0.574 e. The number of hydrogen-bond donors (Lipinski definition) is 1. The van der Waals surface area contributed by atoms with Crippen molar-refractivity contribution in [2.45, 2.75) is 19.7 Å². The van der Waals surface area contributed by atoms with Gasteiger partial charge in [-0.2, -0.15) is 5.26 Å². The number of halogens is 3. The average Bonchev–Trinajstić information content (AvgIpc) is 2.11. The van der Waals surface area contributed by atoms with Crippen LogP contribution in [-0.2, 0) is 6.42 Å². The third-order valence-corrected chi connectivity index (χ3v) is 1.71. The summed E-state index contributed by atoms with van der Waals surface area (Å²) in [6.45, 7) is 1.33. The molecule has 0 amide bonds. The first kappa shape index (κ1) is 12.1. The molecular formula is C9H7F3N2O2. The predicted molar refractivity (Wildman–Crippen MR) is 46.6 cm³/mol. The van der Waals surface area contributed by atoms with Crippen LogP contribution in [0, 0.1) is 18.3 Å². The van der Waals surface area contributed by atoms with Gasteiger partial charge in [-0.05, 0) is 13.0 Å². The van der Waals surface area contributed by atoms with Crippen LogP contribution in [0.25, 0.3) is 0 Å². The Labute approximate surface area is 88.9 Å². The smallest absolute Gasteiger partial charge is 0.506 e. The number of nitrogens with zero attached hydrogens (tertiary/aromatic N) is 2. The van der Waals surface area contributed by atoms with Gasteiger partial charge in [-0.1, -0.05) is 0 Å². The van der Waals surface area contributed by atoms with Crippen LogP contribution in [0.1, 0.15) is 11.3 Å². The molecule has 1 heterocycles. The fraction of sp³-hybridized carbons (Fsp3) is 0.333. The van der Waals surface area contributed by atoms with Gasteiger partial charge >= 0.3 is 6.36 Å². The molecule has 0 fully saturated rings. The van der Waals surface area contributed by atoms with Gasteiger partial charge in [-0.25, -0.2) is 4.98 Å². The van der Waals surface area contributed by atoms with E-state index in [0.29, 0.717) is 0 Å². The standard InChI is InChI=1S/C9H7F3N2O2/c1-5-7(15)4-6(2-3-13)8(14-5)16-9(10,11)12/h4,15H,2H2,1H3. The molecular weight excluding hydrogens is 225 g/mol. The van der Waals surface area contributed by atoms with Crippen LogP contribution in [0.4, 0.5) is 13.2 Å². The lowest BCUT2D eigenvalue weighted by Crippen LogP contribution is -2.19. The second-order valence-corrected chi connectivity index (χ2v) is 2.94. The first-order valence-electron chi connectivity index (χ1n) is 4.15. The van der Waals surface area contributed by atoms with E-state index in [-0.39, 0.29) is 23.4 Å². The van der Waals surface area contributed by atoms with Crippen LogP contribution in [0.2, 0.25) is 0 Å². The minimum Gasteiger partial charge on any atom is -0.506 e. The van der Waals surface area contributed by atoms with E-state index in [0.717, 1.165) is 6.07 Å². The third kappa shape index (κ3) is 3.02. The zero-order valence-electron chi connectivity index (χ0n) is 8.17. The van der Waals surface area contributed by atoms with Crippen molar-refractivity contribution in [1.82, 2.24) is 4.98 Å². The van der Waals surface area contributed by atoms with Crippen molar-refractivity contribution < 1.29 is 23.0 Å². The molecule has 0 aromatic carbocycles. The molecule has 1 rings (SSSR count). The molecule has 1 aromatic heterocycles. The van der Waals surface area contributed by atoms with Gasteiger partial charge in [0.15, 0.2) is 0 Å². The molecule has 4 nitrogen and oxygen atoms in total. The summed E-state index contributed by atoms with van der Waals surface area (Å²) in [4.78, 5) is 3.43. The molecule has 0 aliphatic carbocycles. The van der Waals surface area contributed by atoms with Crippen molar-refractivity contribution in [3.05, 3.63) is 17.3 Å². The van der Waals surface area contributed by atoms with Crippen LogP contribution in [0.3, 0.4) is 0 Å². The quantitative estimate of drug-likeness (QED) is 0.847. The minimum atomic E-state index is -4.87. The van der Waals surface area contributed by atoms with Crippen molar-refractivity contribution in [2.75, 3.05) is 0 Å². The summed E-state index contributed by atoms with van der Waals surface area (Å²) in [5, 5.41) is 17.6. The fourth-order valence-corrected chi connectivity index (χ4v) is 1.02. The van der Waals surface area contributed by atoms with Crippen LogP contribution in [0.15, 0.2) is 6.07 Å². The summed E-state index contributed by atoms with van der Waals surface area (Å²) >= 11 is 0. The van der Waals surface area contributed by atoms with Gasteiger partial charge < -0.3 is 9.84 Å². The van der Waals surface area contributed by atoms with Crippen LogP contribution in [-0.4, -0.2) is 16.5 Å². The van der Waals surface area contributed by atoms with Gasteiger partial charge in [-0.3, -0.25) is 0 Å². The second kappa shape index (κ2) is 4.26. The van der Waals surface area contributed by atoms with Crippen molar-refractivity contribution in [1.29, 1.82) is 5.26 Å². The zero-order valence-corrected chi connectivity index (χ0v) is 8.17. The summed E-state index contributed by atoms with van der Waals surface area (Å²) < 4.78 is 39.6. The Morgan fingerprint density at radius 2 is 2.19 bits per heavy atom. The van der Waals surface area contributed by atoms with Gasteiger partial charge in [0.1, 0.15) is 5.75 Å². The Hall–Kier alpha value is -1.97. The van der Waals surface area contributed by atoms with Gasteiger partial charge in [0, 0.05) is 5.56 Å². The highest BCUT2D eigenvalue weighted by Crippen LogP contribution is 2.28. The van der Waals surface area contributed by atoms with E-state index < -0.39 is 12.2 Å². The van der Waals surface area contributed by atoms with E-state index in [1.165, 1.54) is 6.92 Å². The Balaban J connectivity index is 3.15. The van der Waals surface area contributed by atoms with Crippen molar-refractivity contribution >= 4 is 0 Å². The van der Waals surface area contributed by atoms with E-state index in [9.17, 15) is 18.3 Å². The summed E-state index contributed by atoms with van der Waals surface area (Å²) in [6.07, 6.45) is -5.20. The lowest BCUT2D eigenvalue weighted by Gasteiger charge is -2.12. The van der Waals surface area contributed by atoms with E-state index in [4.69, 9.17) is 5.26 Å². The van der Waals surface area contributed by atoms with Gasteiger partial charge in [-0.15, -0.1) is 13.2 Å². The highest BCUT2D eigenvalue weighted by Gasteiger charge is 2.33. The molecule has 0 radical (unpaired) electrons. The van der Waals surface area contributed by atoms with E-state index >= 15 is 0 Å². The SMILES string of the molecule is Cc1nc(OC(F)(F)F)c(CC#N)cc1O. The van der Waals surface area contributed by atoms with Crippen molar-refractivity contribution in [3.63, 3.8) is 0 Å². The highest BCUT2D eigenvalue weighted by atomic mass is 19.4. The van der Waals surface area contributed by atoms with E-state index in [1.807, 2.05) is 0 Å². The first-order chi connectivity index (χ1) is 7.33. The Bertz CT molecular complexity index is 438. The number of hydrogen-bond acceptors (Lipinski definition) is 4. The van der Waals surface area contributed by atoms with Crippen LogP contribution in [0.5, 0.6) is 11.6 Å². The molecule has 0 saturated heterocycles. The molecule has 0 bridgehead atoms. The van der Waals surface area contributed by atoms with E-state index in [2.05, 4.69) is 9.72 Å². The highest BCUT2D eigenvalue weighted by molar-refractivity contribution is 5.38. The summed E-state index contributed by atoms with van der Waals surface area (Å²) in [7, 11) is 0. The molecule has 1 aromatic rings. The molecule has 86 valence electrons. The number of nitriles is 1. The maximum atomic E-state index is 12.0. The summed E-state index contributed by atoms with van der Waals surface area (Å²) in [6, 6.07) is 2.69. The molecule has 0 atom stereocenters. The average molecular weight is 232 g/mol. The third-order valence-electron chi connectivity index (χ3n) is 1.71. The maximum absolute atomic E-state index is 12.0. The number of alkyl halides is 3. The fourth-order valence-electron chi connectivity index (χ4n) is 1.02. The second-order valence-electron chi connectivity index (χ2n) is 2.94. The number of ether oxygens (including phenoxy) is 1. The normalized spacial score (nSPS) is 10.9. The van der Waals surface area contributed by atoms with Crippen molar-refractivity contribution in [2.24, 2.45) is 0 Å². The number of aromatic nitrogens is 1. The lowest BCUT2D eigenvalue weighted by molar-refractivity contribution is -0.276.